The summed E-state index contributed by atoms with van der Waals surface area (Å²) in [7, 11) is 3.76. The van der Waals surface area contributed by atoms with E-state index in [1.54, 1.807) is 0 Å². The third-order valence-electron chi connectivity index (χ3n) is 2.75. The average molecular weight is 212 g/mol. The summed E-state index contributed by atoms with van der Waals surface area (Å²) in [6, 6.07) is -0.613. The third-order valence-corrected chi connectivity index (χ3v) is 2.75. The summed E-state index contributed by atoms with van der Waals surface area (Å²) in [5.41, 5.74) is 0. The summed E-state index contributed by atoms with van der Waals surface area (Å²) in [6.45, 7) is 3.82. The number of likely N-dealkylation sites (N-methyl/N-ethyl adjacent to an activating group) is 1. The third kappa shape index (κ3) is 2.36. The molecule has 0 aromatic heterocycles. The van der Waals surface area contributed by atoms with E-state index in [0.717, 1.165) is 6.08 Å². The molecular formula is C10H16N2O3. The summed E-state index contributed by atoms with van der Waals surface area (Å²) in [4.78, 5) is 25.7. The lowest BCUT2D eigenvalue weighted by Crippen LogP contribution is -2.40. The first-order chi connectivity index (χ1) is 6.97. The molecule has 1 heterocycles. The molecule has 5 nitrogen and oxygen atoms in total. The Balaban J connectivity index is 2.80. The topological polar surface area (TPSA) is 60.9 Å². The first-order valence-electron chi connectivity index (χ1n) is 4.79. The molecule has 1 aliphatic heterocycles. The minimum atomic E-state index is -0.949. The standard InChI is InChI=1S/C10H16N2O3/c1-4-9(13)12-6-7(11(2)3)5-8(12)10(14)15/h4,7-8H,1,5-6H2,2-3H3,(H,14,15). The Morgan fingerprint density at radius 1 is 1.53 bits per heavy atom. The first-order valence-corrected chi connectivity index (χ1v) is 4.79. The van der Waals surface area contributed by atoms with Crippen LogP contribution >= 0.6 is 0 Å². The predicted molar refractivity (Wildman–Crippen MR) is 55.4 cm³/mol. The molecule has 5 heteroatoms. The monoisotopic (exact) mass is 212 g/mol. The number of aliphatic carboxylic acids is 1. The van der Waals surface area contributed by atoms with E-state index >= 15 is 0 Å². The van der Waals surface area contributed by atoms with Gasteiger partial charge in [-0.2, -0.15) is 0 Å². The number of carbonyl (C=O) groups is 2. The Labute approximate surface area is 89.0 Å². The van der Waals surface area contributed by atoms with Crippen LogP contribution in [-0.4, -0.2) is 59.5 Å². The van der Waals surface area contributed by atoms with Crippen molar-refractivity contribution in [2.24, 2.45) is 0 Å². The lowest BCUT2D eigenvalue weighted by atomic mass is 10.1. The van der Waals surface area contributed by atoms with Gasteiger partial charge in [0, 0.05) is 12.6 Å². The quantitative estimate of drug-likeness (QED) is 0.657. The van der Waals surface area contributed by atoms with Gasteiger partial charge in [-0.25, -0.2) is 4.79 Å². The molecule has 1 N–H and O–H groups in total. The van der Waals surface area contributed by atoms with Crippen LogP contribution in [0.15, 0.2) is 12.7 Å². The molecule has 1 amide bonds. The SMILES string of the molecule is C=CC(=O)N1CC(N(C)C)CC1C(=O)O. The first kappa shape index (κ1) is 11.7. The zero-order valence-corrected chi connectivity index (χ0v) is 9.01. The number of hydrogen-bond acceptors (Lipinski definition) is 3. The molecule has 1 saturated heterocycles. The molecule has 1 rings (SSSR count). The van der Waals surface area contributed by atoms with E-state index in [4.69, 9.17) is 5.11 Å². The van der Waals surface area contributed by atoms with Crippen molar-refractivity contribution < 1.29 is 14.7 Å². The molecule has 0 bridgehead atoms. The van der Waals surface area contributed by atoms with Crippen LogP contribution in [0.2, 0.25) is 0 Å². The van der Waals surface area contributed by atoms with Crippen molar-refractivity contribution in [1.82, 2.24) is 9.80 Å². The molecule has 0 aromatic carbocycles. The zero-order chi connectivity index (χ0) is 11.6. The van der Waals surface area contributed by atoms with E-state index in [9.17, 15) is 9.59 Å². The van der Waals surface area contributed by atoms with Gasteiger partial charge in [-0.3, -0.25) is 4.79 Å². The maximum absolute atomic E-state index is 11.4. The summed E-state index contributed by atoms with van der Waals surface area (Å²) < 4.78 is 0. The van der Waals surface area contributed by atoms with Crippen LogP contribution in [0.25, 0.3) is 0 Å². The zero-order valence-electron chi connectivity index (χ0n) is 9.01. The van der Waals surface area contributed by atoms with Crippen LogP contribution in [0.5, 0.6) is 0 Å². The number of nitrogens with zero attached hydrogens (tertiary/aromatic N) is 2. The highest BCUT2D eigenvalue weighted by atomic mass is 16.4. The Morgan fingerprint density at radius 2 is 2.13 bits per heavy atom. The van der Waals surface area contributed by atoms with Gasteiger partial charge < -0.3 is 14.9 Å². The van der Waals surface area contributed by atoms with Crippen LogP contribution in [-0.2, 0) is 9.59 Å². The van der Waals surface area contributed by atoms with E-state index in [1.165, 1.54) is 4.90 Å². The van der Waals surface area contributed by atoms with Crippen molar-refractivity contribution in [2.45, 2.75) is 18.5 Å². The molecule has 15 heavy (non-hydrogen) atoms. The molecule has 0 radical (unpaired) electrons. The number of carboxylic acid groups (broad SMARTS) is 1. The second-order valence-corrected chi connectivity index (χ2v) is 3.90. The number of likely N-dealkylation sites (tertiary alicyclic amines) is 1. The van der Waals surface area contributed by atoms with Crippen LogP contribution < -0.4 is 0 Å². The van der Waals surface area contributed by atoms with E-state index in [2.05, 4.69) is 6.58 Å². The smallest absolute Gasteiger partial charge is 0.326 e. The Hall–Kier alpha value is -1.36. The predicted octanol–water partition coefficient (Wildman–Crippen LogP) is -0.212. The van der Waals surface area contributed by atoms with Crippen molar-refractivity contribution in [1.29, 1.82) is 0 Å². The van der Waals surface area contributed by atoms with Crippen LogP contribution in [0.4, 0.5) is 0 Å². The van der Waals surface area contributed by atoms with Gasteiger partial charge in [-0.15, -0.1) is 0 Å². The molecule has 84 valence electrons. The summed E-state index contributed by atoms with van der Waals surface area (Å²) in [5.74, 6) is -1.26. The summed E-state index contributed by atoms with van der Waals surface area (Å²) in [5, 5.41) is 8.98. The molecule has 1 fully saturated rings. The minimum Gasteiger partial charge on any atom is -0.480 e. The number of carboxylic acids is 1. The van der Waals surface area contributed by atoms with E-state index in [1.807, 2.05) is 19.0 Å². The number of rotatable bonds is 3. The second kappa shape index (κ2) is 4.44. The van der Waals surface area contributed by atoms with Crippen molar-refractivity contribution in [3.63, 3.8) is 0 Å². The fraction of sp³-hybridized carbons (Fsp3) is 0.600. The molecule has 0 saturated carbocycles. The molecule has 0 aromatic rings. The molecule has 0 spiro atoms. The van der Waals surface area contributed by atoms with Gasteiger partial charge in [0.15, 0.2) is 0 Å². The van der Waals surface area contributed by atoms with Gasteiger partial charge >= 0.3 is 5.97 Å². The Morgan fingerprint density at radius 3 is 2.53 bits per heavy atom. The highest BCUT2D eigenvalue weighted by Gasteiger charge is 2.39. The normalized spacial score (nSPS) is 25.7. The average Bonchev–Trinajstić information content (AvgIpc) is 2.61. The second-order valence-electron chi connectivity index (χ2n) is 3.90. The highest BCUT2D eigenvalue weighted by Crippen LogP contribution is 2.21. The molecule has 0 aliphatic carbocycles. The highest BCUT2D eigenvalue weighted by molar-refractivity contribution is 5.91. The number of hydrogen-bond donors (Lipinski definition) is 1. The van der Waals surface area contributed by atoms with Gasteiger partial charge in [0.25, 0.3) is 0 Å². The summed E-state index contributed by atoms with van der Waals surface area (Å²) >= 11 is 0. The van der Waals surface area contributed by atoms with Crippen LogP contribution in [0, 0.1) is 0 Å². The van der Waals surface area contributed by atoms with E-state index in [0.29, 0.717) is 13.0 Å². The van der Waals surface area contributed by atoms with Crippen LogP contribution in [0.1, 0.15) is 6.42 Å². The molecular weight excluding hydrogens is 196 g/mol. The van der Waals surface area contributed by atoms with Crippen LogP contribution in [0.3, 0.4) is 0 Å². The fourth-order valence-corrected chi connectivity index (χ4v) is 1.78. The Kier molecular flexibility index (Phi) is 3.47. The molecule has 2 unspecified atom stereocenters. The molecule has 2 atom stereocenters. The largest absolute Gasteiger partial charge is 0.480 e. The van der Waals surface area contributed by atoms with E-state index in [-0.39, 0.29) is 11.9 Å². The van der Waals surface area contributed by atoms with Crippen molar-refractivity contribution in [3.05, 3.63) is 12.7 Å². The van der Waals surface area contributed by atoms with Gasteiger partial charge in [-0.1, -0.05) is 6.58 Å². The molecule has 1 aliphatic rings. The van der Waals surface area contributed by atoms with E-state index < -0.39 is 12.0 Å². The van der Waals surface area contributed by atoms with Gasteiger partial charge in [0.1, 0.15) is 6.04 Å². The fourth-order valence-electron chi connectivity index (χ4n) is 1.78. The lowest BCUT2D eigenvalue weighted by Gasteiger charge is -2.20. The minimum absolute atomic E-state index is 0.106. The summed E-state index contributed by atoms with van der Waals surface area (Å²) in [6.07, 6.45) is 1.63. The number of carbonyl (C=O) groups excluding carboxylic acids is 1. The van der Waals surface area contributed by atoms with Gasteiger partial charge in [-0.05, 0) is 26.6 Å². The maximum Gasteiger partial charge on any atom is 0.326 e. The van der Waals surface area contributed by atoms with Crippen molar-refractivity contribution in [3.8, 4) is 0 Å². The lowest BCUT2D eigenvalue weighted by molar-refractivity contribution is -0.146. The van der Waals surface area contributed by atoms with Crippen molar-refractivity contribution >= 4 is 11.9 Å². The van der Waals surface area contributed by atoms with Crippen molar-refractivity contribution in [2.75, 3.05) is 20.6 Å². The Bertz CT molecular complexity index is 288. The van der Waals surface area contributed by atoms with Gasteiger partial charge in [0.05, 0.1) is 0 Å². The number of amides is 1. The maximum atomic E-state index is 11.4. The van der Waals surface area contributed by atoms with Gasteiger partial charge in [0.2, 0.25) is 5.91 Å².